The van der Waals surface area contributed by atoms with Crippen molar-refractivity contribution in [2.75, 3.05) is 20.2 Å². The number of likely N-dealkylation sites (N-methyl/N-ethyl adjacent to an activating group) is 1. The number of benzene rings is 1. The molecule has 0 aliphatic carbocycles. The van der Waals surface area contributed by atoms with Gasteiger partial charge in [-0.1, -0.05) is 12.1 Å². The molecule has 0 unspecified atom stereocenters. The third kappa shape index (κ3) is 4.01. The van der Waals surface area contributed by atoms with Crippen molar-refractivity contribution in [2.24, 2.45) is 0 Å². The van der Waals surface area contributed by atoms with E-state index in [9.17, 15) is 4.79 Å². The maximum atomic E-state index is 12.4. The summed E-state index contributed by atoms with van der Waals surface area (Å²) in [5.41, 5.74) is 0.916. The molecule has 1 aromatic rings. The van der Waals surface area contributed by atoms with Gasteiger partial charge in [-0.05, 0) is 53.2 Å². The standard InChI is InChI=1S/C19H30BNO4/c1-8-21(9-2)17(22)13-14-10-11-16(23-7)15(12-14)20-24-18(3,4)19(5,6)25-20/h10-12H,8-9,13H2,1-7H3. The smallest absolute Gasteiger partial charge is 0.497 e. The SMILES string of the molecule is CCN(CC)C(=O)Cc1ccc(OC)c(B2OC(C)(C)C(C)(C)O2)c1. The van der Waals surface area contributed by atoms with E-state index in [2.05, 4.69) is 0 Å². The summed E-state index contributed by atoms with van der Waals surface area (Å²) in [6.07, 6.45) is 0.359. The van der Waals surface area contributed by atoms with Crippen LogP contribution in [0.25, 0.3) is 0 Å². The molecule has 6 heteroatoms. The lowest BCUT2D eigenvalue weighted by Gasteiger charge is -2.32. The van der Waals surface area contributed by atoms with Gasteiger partial charge in [-0.2, -0.15) is 0 Å². The Bertz CT molecular complexity index is 610. The lowest BCUT2D eigenvalue weighted by molar-refractivity contribution is -0.130. The predicted molar refractivity (Wildman–Crippen MR) is 100 cm³/mol. The first-order chi connectivity index (χ1) is 11.6. The third-order valence-corrected chi connectivity index (χ3v) is 5.27. The van der Waals surface area contributed by atoms with E-state index in [-0.39, 0.29) is 5.91 Å². The fraction of sp³-hybridized carbons (Fsp3) is 0.632. The molecular weight excluding hydrogens is 317 g/mol. The molecule has 0 bridgehead atoms. The van der Waals surface area contributed by atoms with Crippen LogP contribution in [0, 0.1) is 0 Å². The first-order valence-corrected chi connectivity index (χ1v) is 8.95. The van der Waals surface area contributed by atoms with E-state index < -0.39 is 18.3 Å². The van der Waals surface area contributed by atoms with Crippen LogP contribution in [0.5, 0.6) is 5.75 Å². The molecule has 1 aliphatic heterocycles. The first kappa shape index (κ1) is 19.8. The second kappa shape index (κ2) is 7.38. The average Bonchev–Trinajstić information content (AvgIpc) is 2.76. The second-order valence-corrected chi connectivity index (χ2v) is 7.41. The molecule has 1 amide bonds. The van der Waals surface area contributed by atoms with Gasteiger partial charge in [0.2, 0.25) is 5.91 Å². The van der Waals surface area contributed by atoms with Crippen LogP contribution >= 0.6 is 0 Å². The number of amides is 1. The van der Waals surface area contributed by atoms with Crippen molar-refractivity contribution in [1.29, 1.82) is 0 Å². The molecular formula is C19H30BNO4. The maximum absolute atomic E-state index is 12.4. The van der Waals surface area contributed by atoms with Crippen molar-refractivity contribution in [3.8, 4) is 5.75 Å². The van der Waals surface area contributed by atoms with Gasteiger partial charge >= 0.3 is 7.12 Å². The third-order valence-electron chi connectivity index (χ3n) is 5.27. The average molecular weight is 347 g/mol. The summed E-state index contributed by atoms with van der Waals surface area (Å²) >= 11 is 0. The summed E-state index contributed by atoms with van der Waals surface area (Å²) in [5.74, 6) is 0.826. The molecule has 1 saturated heterocycles. The first-order valence-electron chi connectivity index (χ1n) is 8.95. The quantitative estimate of drug-likeness (QED) is 0.742. The molecule has 0 atom stereocenters. The van der Waals surface area contributed by atoms with Gasteiger partial charge in [0.25, 0.3) is 0 Å². The summed E-state index contributed by atoms with van der Waals surface area (Å²) in [5, 5.41) is 0. The van der Waals surface area contributed by atoms with Gasteiger partial charge in [0.05, 0.1) is 24.7 Å². The second-order valence-electron chi connectivity index (χ2n) is 7.41. The predicted octanol–water partition coefficient (Wildman–Crippen LogP) is 2.41. The molecule has 0 spiro atoms. The van der Waals surface area contributed by atoms with Crippen molar-refractivity contribution in [2.45, 2.75) is 59.2 Å². The highest BCUT2D eigenvalue weighted by atomic mass is 16.7. The molecule has 0 aromatic heterocycles. The van der Waals surface area contributed by atoms with Crippen LogP contribution in [0.4, 0.5) is 0 Å². The summed E-state index contributed by atoms with van der Waals surface area (Å²) in [6.45, 7) is 13.5. The largest absolute Gasteiger partial charge is 0.498 e. The Labute approximate surface area is 151 Å². The molecule has 25 heavy (non-hydrogen) atoms. The molecule has 1 aliphatic rings. The van der Waals surface area contributed by atoms with Gasteiger partial charge in [0.1, 0.15) is 5.75 Å². The number of hydrogen-bond donors (Lipinski definition) is 0. The minimum atomic E-state index is -0.511. The van der Waals surface area contributed by atoms with Gasteiger partial charge in [-0.15, -0.1) is 0 Å². The number of ether oxygens (including phenoxy) is 1. The summed E-state index contributed by atoms with van der Waals surface area (Å²) in [7, 11) is 1.12. The number of methoxy groups -OCH3 is 1. The molecule has 138 valence electrons. The molecule has 2 rings (SSSR count). The molecule has 1 heterocycles. The maximum Gasteiger partial charge on any atom is 0.498 e. The summed E-state index contributed by atoms with van der Waals surface area (Å²) in [6, 6.07) is 5.77. The highest BCUT2D eigenvalue weighted by Crippen LogP contribution is 2.37. The Hall–Kier alpha value is -1.53. The highest BCUT2D eigenvalue weighted by Gasteiger charge is 2.52. The number of carbonyl (C=O) groups excluding carboxylic acids is 1. The van der Waals surface area contributed by atoms with Crippen molar-refractivity contribution in [1.82, 2.24) is 4.90 Å². The van der Waals surface area contributed by atoms with Crippen LogP contribution in [0.15, 0.2) is 18.2 Å². The van der Waals surface area contributed by atoms with Crippen LogP contribution in [-0.2, 0) is 20.5 Å². The van der Waals surface area contributed by atoms with Gasteiger partial charge in [-0.25, -0.2) is 0 Å². The van der Waals surface area contributed by atoms with Crippen LogP contribution in [0.1, 0.15) is 47.1 Å². The molecule has 5 nitrogen and oxygen atoms in total. The van der Waals surface area contributed by atoms with E-state index >= 15 is 0 Å². The van der Waals surface area contributed by atoms with E-state index in [4.69, 9.17) is 14.0 Å². The van der Waals surface area contributed by atoms with Crippen LogP contribution in [0.3, 0.4) is 0 Å². The number of carbonyl (C=O) groups is 1. The highest BCUT2D eigenvalue weighted by molar-refractivity contribution is 6.63. The zero-order valence-electron chi connectivity index (χ0n) is 16.5. The van der Waals surface area contributed by atoms with Crippen molar-refractivity contribution < 1.29 is 18.8 Å². The number of nitrogens with zero attached hydrogens (tertiary/aromatic N) is 1. The lowest BCUT2D eigenvalue weighted by Crippen LogP contribution is -2.41. The Morgan fingerprint density at radius 3 is 2.16 bits per heavy atom. The van der Waals surface area contributed by atoms with E-state index in [1.165, 1.54) is 0 Å². The van der Waals surface area contributed by atoms with E-state index in [0.29, 0.717) is 12.2 Å². The van der Waals surface area contributed by atoms with Crippen molar-refractivity contribution in [3.63, 3.8) is 0 Å². The van der Waals surface area contributed by atoms with Crippen molar-refractivity contribution in [3.05, 3.63) is 23.8 Å². The van der Waals surface area contributed by atoms with Crippen LogP contribution in [-0.4, -0.2) is 49.3 Å². The normalized spacial score (nSPS) is 18.3. The molecule has 1 fully saturated rings. The fourth-order valence-electron chi connectivity index (χ4n) is 2.91. The van der Waals surface area contributed by atoms with Gasteiger partial charge in [0.15, 0.2) is 0 Å². The van der Waals surface area contributed by atoms with Crippen LogP contribution < -0.4 is 10.2 Å². The fourth-order valence-corrected chi connectivity index (χ4v) is 2.91. The minimum absolute atomic E-state index is 0.120. The molecule has 1 aromatic carbocycles. The number of hydrogen-bond acceptors (Lipinski definition) is 4. The van der Waals surface area contributed by atoms with Gasteiger partial charge in [0, 0.05) is 18.6 Å². The van der Waals surface area contributed by atoms with E-state index in [1.54, 1.807) is 7.11 Å². The van der Waals surface area contributed by atoms with Crippen molar-refractivity contribution >= 4 is 18.5 Å². The summed E-state index contributed by atoms with van der Waals surface area (Å²) < 4.78 is 17.8. The zero-order chi connectivity index (χ0) is 18.8. The topological polar surface area (TPSA) is 48.0 Å². The Morgan fingerprint density at radius 1 is 1.12 bits per heavy atom. The molecule has 0 radical (unpaired) electrons. The lowest BCUT2D eigenvalue weighted by atomic mass is 9.77. The molecule has 0 saturated carbocycles. The van der Waals surface area contributed by atoms with Crippen LogP contribution in [0.2, 0.25) is 0 Å². The Morgan fingerprint density at radius 2 is 1.68 bits per heavy atom. The Kier molecular flexibility index (Phi) is 5.84. The minimum Gasteiger partial charge on any atom is -0.497 e. The Balaban J connectivity index is 2.28. The van der Waals surface area contributed by atoms with Gasteiger partial charge in [-0.3, -0.25) is 4.79 Å². The number of rotatable bonds is 6. The zero-order valence-corrected chi connectivity index (χ0v) is 16.5. The summed E-state index contributed by atoms with van der Waals surface area (Å²) in [4.78, 5) is 14.2. The van der Waals surface area contributed by atoms with E-state index in [1.807, 2.05) is 64.6 Å². The van der Waals surface area contributed by atoms with Gasteiger partial charge < -0.3 is 18.9 Å². The molecule has 0 N–H and O–H groups in total. The van der Waals surface area contributed by atoms with E-state index in [0.717, 1.165) is 24.1 Å². The monoisotopic (exact) mass is 347 g/mol.